The van der Waals surface area contributed by atoms with Crippen molar-refractivity contribution in [3.63, 3.8) is 0 Å². The molecule has 24 aromatic rings. The lowest BCUT2D eigenvalue weighted by atomic mass is 10.0. The summed E-state index contributed by atoms with van der Waals surface area (Å²) in [5.41, 5.74) is 27.8. The number of H-pyrrole nitrogens is 1. The van der Waals surface area contributed by atoms with Gasteiger partial charge in [0.1, 0.15) is 22.3 Å². The molecule has 0 atom stereocenters. The third-order valence-corrected chi connectivity index (χ3v) is 23.5. The Kier molecular flexibility index (Phi) is 17.8. The van der Waals surface area contributed by atoms with Crippen molar-refractivity contribution >= 4 is 181 Å². The molecule has 6 heterocycles. The van der Waals surface area contributed by atoms with Gasteiger partial charge in [0.25, 0.3) is 0 Å². The van der Waals surface area contributed by atoms with Crippen LogP contribution < -0.4 is 9.80 Å². The Labute approximate surface area is 689 Å². The first-order valence-electron chi connectivity index (χ1n) is 39.6. The zero-order chi connectivity index (χ0) is 77.4. The van der Waals surface area contributed by atoms with E-state index in [2.05, 4.69) is 457 Å². The van der Waals surface area contributed by atoms with Crippen molar-refractivity contribution in [2.75, 3.05) is 9.80 Å². The van der Waals surface area contributed by atoms with Crippen molar-refractivity contribution in [3.05, 3.63) is 429 Å². The molecule has 0 saturated carbocycles. The second-order valence-electron chi connectivity index (χ2n) is 29.6. The van der Waals surface area contributed by atoms with Gasteiger partial charge < -0.3 is 37.3 Å². The number of para-hydroxylation sites is 10. The van der Waals surface area contributed by atoms with Crippen LogP contribution >= 0.6 is 15.9 Å². The van der Waals surface area contributed by atoms with E-state index in [1.165, 1.54) is 54.8 Å². The third kappa shape index (κ3) is 12.0. The number of hydrogen-bond donors (Lipinski definition) is 1. The second kappa shape index (κ2) is 29.7. The predicted molar refractivity (Wildman–Crippen MR) is 501 cm³/mol. The van der Waals surface area contributed by atoms with E-state index in [-0.39, 0.29) is 7.43 Å². The molecule has 24 rings (SSSR count). The van der Waals surface area contributed by atoms with Gasteiger partial charge in [0.15, 0.2) is 0 Å². The predicted octanol–water partition coefficient (Wildman–Crippen LogP) is 31.5. The first-order chi connectivity index (χ1) is 58.0. The molecule has 0 amide bonds. The number of furan rings is 2. The Morgan fingerprint density at radius 3 is 0.839 bits per heavy atom. The quantitative estimate of drug-likeness (QED) is 0.140. The number of aromatic amines is 1. The van der Waals surface area contributed by atoms with E-state index in [4.69, 9.17) is 8.83 Å². The van der Waals surface area contributed by atoms with Crippen LogP contribution in [0.2, 0.25) is 0 Å². The maximum absolute atomic E-state index is 7.12. The highest BCUT2D eigenvalue weighted by atomic mass is 79.9. The zero-order valence-electron chi connectivity index (χ0n) is 63.3. The summed E-state index contributed by atoms with van der Waals surface area (Å²) in [6.45, 7) is 0. The van der Waals surface area contributed by atoms with Crippen molar-refractivity contribution in [1.29, 1.82) is 0 Å². The number of nitrogens with zero attached hydrogens (tertiary/aromatic N) is 5. The van der Waals surface area contributed by atoms with E-state index in [0.29, 0.717) is 0 Å². The molecule has 9 heteroatoms. The molecule has 0 aliphatic carbocycles. The largest absolute Gasteiger partial charge is 0.455 e. The molecule has 0 aliphatic rings. The summed E-state index contributed by atoms with van der Waals surface area (Å²) in [7, 11) is 0. The molecule has 6 aromatic heterocycles. The summed E-state index contributed by atoms with van der Waals surface area (Å²) in [5, 5.41) is 13.9. The monoisotopic (exact) mass is 1580 g/mol. The molecule has 0 saturated heterocycles. The summed E-state index contributed by atoms with van der Waals surface area (Å²) in [6, 6.07) is 150. The molecule has 0 fully saturated rings. The summed E-state index contributed by atoms with van der Waals surface area (Å²) in [4.78, 5) is 8.10. The number of benzene rings is 18. The van der Waals surface area contributed by atoms with E-state index in [0.717, 1.165) is 154 Å². The number of hydrogen-bond acceptors (Lipinski definition) is 4. The fourth-order valence-electron chi connectivity index (χ4n) is 17.7. The Morgan fingerprint density at radius 1 is 0.203 bits per heavy atom. The number of nitrogens with one attached hydrogen (secondary N) is 1. The summed E-state index contributed by atoms with van der Waals surface area (Å²) in [5.74, 6) is 0. The van der Waals surface area contributed by atoms with Gasteiger partial charge in [-0.2, -0.15) is 0 Å². The molecule has 560 valence electrons. The van der Waals surface area contributed by atoms with Gasteiger partial charge >= 0.3 is 0 Å². The van der Waals surface area contributed by atoms with Crippen LogP contribution in [0.4, 0.5) is 34.1 Å². The van der Waals surface area contributed by atoms with Crippen LogP contribution in [-0.4, -0.2) is 18.7 Å². The van der Waals surface area contributed by atoms with E-state index >= 15 is 0 Å². The van der Waals surface area contributed by atoms with Gasteiger partial charge in [-0.15, -0.1) is 0 Å². The first kappa shape index (κ1) is 70.7. The molecule has 0 spiro atoms. The molecule has 0 unspecified atom stereocenters. The maximum Gasteiger partial charge on any atom is 0.145 e. The molecule has 1 N–H and O–H groups in total. The zero-order valence-corrected chi connectivity index (χ0v) is 64.9. The van der Waals surface area contributed by atoms with Gasteiger partial charge in [-0.3, -0.25) is 0 Å². The average Bonchev–Trinajstić information content (AvgIpc) is 1.81. The van der Waals surface area contributed by atoms with Gasteiger partial charge in [-0.05, 0) is 216 Å². The van der Waals surface area contributed by atoms with Crippen LogP contribution in [0.5, 0.6) is 0 Å². The van der Waals surface area contributed by atoms with E-state index < -0.39 is 0 Å². The average molecular weight is 1580 g/mol. The SMILES string of the molecule is Brc1ccc(-c2ccc(N(c3ccccc3)c3ccccc3)cc2)cc1.C.c1ccc(-n2c3ccccc3c3c4oc5c(ccc6[nH]c7ccccc7c65)c4ccc32)cc1.c1ccc(N(c2ccccc2)c2ccc(-c3ccc(-n4c5ccccc5c5c6oc7c(ccc8c7c7ccccc7n8-c7ccccc7)c6ccc54)cc3)cc2)cc1. The number of anilines is 6. The lowest BCUT2D eigenvalue weighted by Crippen LogP contribution is -2.09. The van der Waals surface area contributed by atoms with Crippen LogP contribution in [0, 0.1) is 0 Å². The topological polar surface area (TPSA) is 63.3 Å². The highest BCUT2D eigenvalue weighted by molar-refractivity contribution is 9.10. The Morgan fingerprint density at radius 2 is 0.475 bits per heavy atom. The van der Waals surface area contributed by atoms with Crippen molar-refractivity contribution in [3.8, 4) is 39.3 Å². The van der Waals surface area contributed by atoms with Crippen LogP contribution in [0.25, 0.3) is 170 Å². The standard InChI is InChI=1S/C54H35N3O.C30H18N2O.C24H18BrN.CH4/c1-4-14-38(15-5-1)55(39-16-6-2-7-17-39)41-28-24-36(25-29-41)37-26-30-42(31-27-37)57-48-23-13-11-21-46(48)52-50(57)35-33-44-43-32-34-49-51(53(43)58-54(44)52)45-20-10-12-22-47(45)56(49)40-18-8-3-9-19-40;1-2-8-18(9-3-1)32-25-13-7-5-11-22(25)28-26(32)17-15-20-19-14-16-24-27(29(19)33-30(20)28)21-10-4-6-12-23(21)31-24;25-21-15-11-19(12-16-21)20-13-17-24(18-14-20)26(22-7-3-1-4-8-22)23-9-5-2-6-10-23;/h1-35H;1-17,31H;1-18H;1H4. The van der Waals surface area contributed by atoms with Crippen molar-refractivity contribution in [2.45, 2.75) is 7.43 Å². The number of aromatic nitrogens is 4. The Bertz CT molecular complexity index is 7750. The second-order valence-corrected chi connectivity index (χ2v) is 30.6. The lowest BCUT2D eigenvalue weighted by Gasteiger charge is -2.25. The summed E-state index contributed by atoms with van der Waals surface area (Å²) < 4.78 is 22.0. The third-order valence-electron chi connectivity index (χ3n) is 23.0. The molecular weight excluding hydrogens is 1510 g/mol. The van der Waals surface area contributed by atoms with Crippen LogP contribution in [0.1, 0.15) is 7.43 Å². The van der Waals surface area contributed by atoms with Gasteiger partial charge in [-0.1, -0.05) is 254 Å². The van der Waals surface area contributed by atoms with E-state index in [1.54, 1.807) is 0 Å². The van der Waals surface area contributed by atoms with Gasteiger partial charge in [0.2, 0.25) is 0 Å². The minimum absolute atomic E-state index is 0. The fraction of sp³-hybridized carbons (Fsp3) is 0.00917. The highest BCUT2D eigenvalue weighted by Gasteiger charge is 2.25. The normalized spacial score (nSPS) is 11.5. The van der Waals surface area contributed by atoms with E-state index in [9.17, 15) is 0 Å². The molecule has 0 radical (unpaired) electrons. The molecule has 0 aliphatic heterocycles. The Balaban J connectivity index is 0.000000121. The van der Waals surface area contributed by atoms with Gasteiger partial charge in [-0.25, -0.2) is 0 Å². The number of halogens is 1. The van der Waals surface area contributed by atoms with E-state index in [1.807, 2.05) is 12.1 Å². The first-order valence-corrected chi connectivity index (χ1v) is 40.4. The number of rotatable bonds is 11. The summed E-state index contributed by atoms with van der Waals surface area (Å²) in [6.07, 6.45) is 0. The van der Waals surface area contributed by atoms with Gasteiger partial charge in [0.05, 0.1) is 60.2 Å². The maximum atomic E-state index is 7.12. The minimum Gasteiger partial charge on any atom is -0.455 e. The molecular formula is C109H75BrN6O2. The highest BCUT2D eigenvalue weighted by Crippen LogP contribution is 2.48. The molecule has 8 nitrogen and oxygen atoms in total. The smallest absolute Gasteiger partial charge is 0.145 e. The lowest BCUT2D eigenvalue weighted by molar-refractivity contribution is 0.676. The van der Waals surface area contributed by atoms with Crippen molar-refractivity contribution in [2.24, 2.45) is 0 Å². The van der Waals surface area contributed by atoms with Crippen LogP contribution in [-0.2, 0) is 0 Å². The summed E-state index contributed by atoms with van der Waals surface area (Å²) >= 11 is 3.49. The molecule has 18 aromatic carbocycles. The van der Waals surface area contributed by atoms with Crippen LogP contribution in [0.3, 0.4) is 0 Å². The number of fused-ring (bicyclic) bond motifs is 22. The van der Waals surface area contributed by atoms with Crippen molar-refractivity contribution < 1.29 is 8.83 Å². The van der Waals surface area contributed by atoms with Gasteiger partial charge in [0, 0.05) is 104 Å². The fourth-order valence-corrected chi connectivity index (χ4v) is 18.0. The molecule has 0 bridgehead atoms. The van der Waals surface area contributed by atoms with Crippen molar-refractivity contribution in [1.82, 2.24) is 18.7 Å². The minimum atomic E-state index is 0. The van der Waals surface area contributed by atoms with Crippen LogP contribution in [0.15, 0.2) is 438 Å². The Hall–Kier alpha value is -15.2. The molecule has 118 heavy (non-hydrogen) atoms.